The number of aromatic amines is 1. The molecule has 5 rings (SSSR count). The molecule has 0 saturated heterocycles. The average molecular weight is 481 g/mol. The van der Waals surface area contributed by atoms with Gasteiger partial charge in [-0.15, -0.1) is 10.2 Å². The van der Waals surface area contributed by atoms with Crippen molar-refractivity contribution in [3.63, 3.8) is 0 Å². The van der Waals surface area contributed by atoms with Crippen molar-refractivity contribution in [3.8, 4) is 28.5 Å². The lowest BCUT2D eigenvalue weighted by atomic mass is 9.86. The molecule has 0 spiro atoms. The molecule has 3 aromatic carbocycles. The normalized spacial score (nSPS) is 11.7. The van der Waals surface area contributed by atoms with Crippen LogP contribution in [0.5, 0.6) is 6.01 Å². The molecule has 8 heteroatoms. The molecule has 36 heavy (non-hydrogen) atoms. The first-order valence-corrected chi connectivity index (χ1v) is 12.0. The third-order valence-corrected chi connectivity index (χ3v) is 6.05. The Balaban J connectivity index is 1.54. The van der Waals surface area contributed by atoms with Crippen LogP contribution in [0.25, 0.3) is 33.5 Å². The zero-order chi connectivity index (χ0) is 25.3. The largest absolute Gasteiger partial charge is 0.465 e. The lowest BCUT2D eigenvalue weighted by molar-refractivity contribution is 0.0859. The fourth-order valence-electron chi connectivity index (χ4n) is 4.32. The van der Waals surface area contributed by atoms with Crippen LogP contribution in [-0.2, 0) is 6.54 Å². The monoisotopic (exact) mass is 480 g/mol. The first-order chi connectivity index (χ1) is 17.4. The average Bonchev–Trinajstić information content (AvgIpc) is 3.53. The molecule has 0 fully saturated rings. The van der Waals surface area contributed by atoms with E-state index in [1.165, 1.54) is 0 Å². The quantitative estimate of drug-likeness (QED) is 0.306. The van der Waals surface area contributed by atoms with Gasteiger partial charge in [0.2, 0.25) is 5.82 Å². The maximum Gasteiger partial charge on any atom is 0.297 e. The van der Waals surface area contributed by atoms with Gasteiger partial charge in [0.05, 0.1) is 24.2 Å². The molecule has 0 aliphatic carbocycles. The molecule has 2 heterocycles. The summed E-state index contributed by atoms with van der Waals surface area (Å²) in [6.07, 6.45) is 0. The summed E-state index contributed by atoms with van der Waals surface area (Å²) < 4.78 is 7.88. The van der Waals surface area contributed by atoms with E-state index < -0.39 is 5.41 Å². The molecule has 5 aromatic rings. The number of benzene rings is 3. The Morgan fingerprint density at radius 3 is 2.39 bits per heavy atom. The van der Waals surface area contributed by atoms with Crippen molar-refractivity contribution < 1.29 is 9.53 Å². The molecule has 0 atom stereocenters. The summed E-state index contributed by atoms with van der Waals surface area (Å²) >= 11 is 0. The second-order valence-corrected chi connectivity index (χ2v) is 9.64. The van der Waals surface area contributed by atoms with E-state index in [1.54, 1.807) is 0 Å². The number of Topliss-reactive ketones (excluding diaryl/α,β-unsaturated/α-hetero) is 1. The van der Waals surface area contributed by atoms with E-state index in [2.05, 4.69) is 44.9 Å². The van der Waals surface area contributed by atoms with Crippen LogP contribution < -0.4 is 4.74 Å². The summed E-state index contributed by atoms with van der Waals surface area (Å²) in [5, 5.41) is 14.5. The molecule has 2 aromatic heterocycles. The van der Waals surface area contributed by atoms with Crippen molar-refractivity contribution in [2.24, 2.45) is 5.41 Å². The number of nitrogens with zero attached hydrogens (tertiary/aromatic N) is 5. The minimum Gasteiger partial charge on any atom is -0.465 e. The van der Waals surface area contributed by atoms with Crippen molar-refractivity contribution in [3.05, 3.63) is 77.9 Å². The minimum atomic E-state index is -0.511. The van der Waals surface area contributed by atoms with E-state index in [0.717, 1.165) is 33.3 Å². The predicted molar refractivity (Wildman–Crippen MR) is 139 cm³/mol. The summed E-state index contributed by atoms with van der Waals surface area (Å²) in [6.45, 7) is 8.74. The number of fused-ring (bicyclic) bond motifs is 1. The summed E-state index contributed by atoms with van der Waals surface area (Å²) in [5.41, 5.74) is 5.73. The van der Waals surface area contributed by atoms with Crippen LogP contribution in [0.3, 0.4) is 0 Å². The van der Waals surface area contributed by atoms with Gasteiger partial charge < -0.3 is 4.74 Å². The smallest absolute Gasteiger partial charge is 0.297 e. The van der Waals surface area contributed by atoms with Gasteiger partial charge in [-0.1, -0.05) is 75.4 Å². The number of hydrogen-bond donors (Lipinski definition) is 1. The van der Waals surface area contributed by atoms with E-state index in [0.29, 0.717) is 30.5 Å². The second-order valence-electron chi connectivity index (χ2n) is 9.64. The number of tetrazole rings is 1. The first-order valence-electron chi connectivity index (χ1n) is 12.0. The van der Waals surface area contributed by atoms with Crippen molar-refractivity contribution in [1.82, 2.24) is 30.2 Å². The molecule has 0 amide bonds. The molecule has 182 valence electrons. The number of ether oxygens (including phenoxy) is 1. The maximum absolute atomic E-state index is 13.3. The zero-order valence-electron chi connectivity index (χ0n) is 20.8. The Bertz CT molecular complexity index is 1510. The minimum absolute atomic E-state index is 0.0747. The summed E-state index contributed by atoms with van der Waals surface area (Å²) in [6, 6.07) is 22.5. The fraction of sp³-hybridized carbons (Fsp3) is 0.250. The first kappa shape index (κ1) is 23.4. The third-order valence-electron chi connectivity index (χ3n) is 6.05. The fourth-order valence-corrected chi connectivity index (χ4v) is 4.32. The van der Waals surface area contributed by atoms with Crippen molar-refractivity contribution in [1.29, 1.82) is 0 Å². The Labute approximate surface area is 209 Å². The predicted octanol–water partition coefficient (Wildman–Crippen LogP) is 5.56. The zero-order valence-corrected chi connectivity index (χ0v) is 20.8. The van der Waals surface area contributed by atoms with Gasteiger partial charge in [0.25, 0.3) is 6.01 Å². The van der Waals surface area contributed by atoms with Gasteiger partial charge in [-0.3, -0.25) is 9.36 Å². The van der Waals surface area contributed by atoms with Gasteiger partial charge in [-0.25, -0.2) is 0 Å². The van der Waals surface area contributed by atoms with Crippen LogP contribution in [0.4, 0.5) is 0 Å². The lowest BCUT2D eigenvalue weighted by Gasteiger charge is -2.18. The van der Waals surface area contributed by atoms with E-state index in [-0.39, 0.29) is 5.78 Å². The van der Waals surface area contributed by atoms with E-state index in [9.17, 15) is 4.79 Å². The van der Waals surface area contributed by atoms with Gasteiger partial charge in [0, 0.05) is 16.5 Å². The third kappa shape index (κ3) is 4.37. The summed E-state index contributed by atoms with van der Waals surface area (Å²) in [5.74, 6) is 0.627. The van der Waals surface area contributed by atoms with E-state index in [1.807, 2.05) is 74.7 Å². The van der Waals surface area contributed by atoms with Crippen LogP contribution in [0.1, 0.15) is 43.6 Å². The molecule has 0 aliphatic heterocycles. The summed E-state index contributed by atoms with van der Waals surface area (Å²) in [4.78, 5) is 18.0. The van der Waals surface area contributed by atoms with Gasteiger partial charge in [0.1, 0.15) is 0 Å². The number of hydrogen-bond acceptors (Lipinski definition) is 6. The Morgan fingerprint density at radius 2 is 1.72 bits per heavy atom. The highest BCUT2D eigenvalue weighted by molar-refractivity contribution is 6.09. The highest BCUT2D eigenvalue weighted by Gasteiger charge is 2.27. The highest BCUT2D eigenvalue weighted by Crippen LogP contribution is 2.32. The highest BCUT2D eigenvalue weighted by atomic mass is 16.5. The van der Waals surface area contributed by atoms with Gasteiger partial charge >= 0.3 is 0 Å². The number of carbonyl (C=O) groups excluding carboxylic acids is 1. The van der Waals surface area contributed by atoms with Crippen molar-refractivity contribution in [2.45, 2.75) is 34.2 Å². The number of para-hydroxylation sites is 1. The number of ketones is 1. The van der Waals surface area contributed by atoms with Crippen molar-refractivity contribution in [2.75, 3.05) is 6.61 Å². The molecule has 0 bridgehead atoms. The van der Waals surface area contributed by atoms with Gasteiger partial charge in [-0.05, 0) is 41.0 Å². The molecule has 1 N–H and O–H groups in total. The van der Waals surface area contributed by atoms with Crippen LogP contribution in [-0.4, -0.2) is 42.6 Å². The Hall–Kier alpha value is -4.33. The SMILES string of the molecule is CCOc1nc2cccc(C(=O)C(C)(C)C)c2n1Cc1ccc(-c2ccccc2-c2nn[nH]n2)cc1. The second kappa shape index (κ2) is 9.37. The number of rotatable bonds is 7. The van der Waals surface area contributed by atoms with Crippen LogP contribution >= 0.6 is 0 Å². The van der Waals surface area contributed by atoms with Crippen LogP contribution in [0.15, 0.2) is 66.7 Å². The number of imidazole rings is 1. The lowest BCUT2D eigenvalue weighted by Crippen LogP contribution is -2.21. The molecule has 8 nitrogen and oxygen atoms in total. The van der Waals surface area contributed by atoms with Crippen LogP contribution in [0.2, 0.25) is 0 Å². The molecule has 0 unspecified atom stereocenters. The molecule has 0 saturated carbocycles. The topological polar surface area (TPSA) is 98.6 Å². The molecule has 0 radical (unpaired) electrons. The van der Waals surface area contributed by atoms with Crippen molar-refractivity contribution >= 4 is 16.8 Å². The molecule has 0 aliphatic rings. The number of aromatic nitrogens is 6. The van der Waals surface area contributed by atoms with Crippen LogP contribution in [0, 0.1) is 5.41 Å². The summed E-state index contributed by atoms with van der Waals surface area (Å²) in [7, 11) is 0. The Morgan fingerprint density at radius 1 is 0.972 bits per heavy atom. The van der Waals surface area contributed by atoms with Gasteiger partial charge in [-0.2, -0.15) is 10.2 Å². The number of carbonyl (C=O) groups is 1. The standard InChI is InChI=1S/C28H28N6O2/c1-5-36-27-29-23-12-8-11-22(25(35)28(2,3)4)24(23)34(27)17-18-13-15-19(16-14-18)20-9-6-7-10-21(20)26-30-32-33-31-26/h6-16H,5,17H2,1-4H3,(H,30,31,32,33). The van der Waals surface area contributed by atoms with E-state index in [4.69, 9.17) is 9.72 Å². The molecular weight excluding hydrogens is 452 g/mol. The number of nitrogens with one attached hydrogen (secondary N) is 1. The van der Waals surface area contributed by atoms with E-state index >= 15 is 0 Å². The Kier molecular flexibility index (Phi) is 6.10. The number of H-pyrrole nitrogens is 1. The van der Waals surface area contributed by atoms with Gasteiger partial charge in [0.15, 0.2) is 5.78 Å². The molecular formula is C28H28N6O2. The maximum atomic E-state index is 13.3.